The van der Waals surface area contributed by atoms with Gasteiger partial charge in [-0.3, -0.25) is 14.5 Å². The lowest BCUT2D eigenvalue weighted by atomic mass is 10.2. The number of phenolic OH excluding ortho intramolecular Hbond substituents is 1. The number of imide groups is 1. The van der Waals surface area contributed by atoms with E-state index in [4.69, 9.17) is 10.00 Å². The average molecular weight is 318 g/mol. The molecule has 7 heteroatoms. The van der Waals surface area contributed by atoms with E-state index in [9.17, 15) is 14.7 Å². The maximum absolute atomic E-state index is 12.1. The molecule has 1 aromatic rings. The maximum Gasteiger partial charge on any atom is 0.293 e. The number of rotatable bonds is 5. The van der Waals surface area contributed by atoms with E-state index in [1.165, 1.54) is 6.07 Å². The molecule has 1 heterocycles. The zero-order valence-electron chi connectivity index (χ0n) is 11.9. The van der Waals surface area contributed by atoms with Crippen LogP contribution in [0.4, 0.5) is 4.79 Å². The highest BCUT2D eigenvalue weighted by Gasteiger charge is 2.34. The normalized spacial score (nSPS) is 16.2. The zero-order chi connectivity index (χ0) is 16.1. The third-order valence-electron chi connectivity index (χ3n) is 2.90. The van der Waals surface area contributed by atoms with Crippen LogP contribution < -0.4 is 4.74 Å². The smallest absolute Gasteiger partial charge is 0.293 e. The molecule has 114 valence electrons. The standard InChI is InChI=1S/C15H14N2O4S/c1-2-21-12-8-10(4-5-11(12)18)9-13-14(19)17(7-3-6-16)15(20)22-13/h4-5,8-9,18H,2-3,7H2,1H3/b13-9-. The van der Waals surface area contributed by atoms with Gasteiger partial charge in [0.15, 0.2) is 11.5 Å². The predicted molar refractivity (Wildman–Crippen MR) is 82.2 cm³/mol. The van der Waals surface area contributed by atoms with Crippen molar-refractivity contribution >= 4 is 29.0 Å². The van der Waals surface area contributed by atoms with Crippen molar-refractivity contribution in [3.05, 3.63) is 28.7 Å². The molecule has 1 aromatic carbocycles. The minimum absolute atomic E-state index is 0.0149. The molecule has 1 aliphatic rings. The number of nitrogens with zero attached hydrogens (tertiary/aromatic N) is 2. The molecule has 0 spiro atoms. The third-order valence-corrected chi connectivity index (χ3v) is 3.81. The molecule has 22 heavy (non-hydrogen) atoms. The van der Waals surface area contributed by atoms with Crippen LogP contribution in [0.2, 0.25) is 0 Å². The number of benzene rings is 1. The van der Waals surface area contributed by atoms with Crippen LogP contribution in [-0.4, -0.2) is 34.3 Å². The van der Waals surface area contributed by atoms with Crippen molar-refractivity contribution in [1.82, 2.24) is 4.90 Å². The van der Waals surface area contributed by atoms with E-state index < -0.39 is 5.91 Å². The number of carbonyl (C=O) groups excluding carboxylic acids is 2. The van der Waals surface area contributed by atoms with Gasteiger partial charge in [0.05, 0.1) is 24.0 Å². The van der Waals surface area contributed by atoms with Crippen LogP contribution in [-0.2, 0) is 4.79 Å². The second kappa shape index (κ2) is 7.00. The summed E-state index contributed by atoms with van der Waals surface area (Å²) in [6.07, 6.45) is 1.68. The van der Waals surface area contributed by atoms with E-state index in [1.807, 2.05) is 6.07 Å². The number of hydrogen-bond acceptors (Lipinski definition) is 6. The molecule has 1 N–H and O–H groups in total. The molecule has 0 aromatic heterocycles. The number of aromatic hydroxyl groups is 1. The second-order valence-corrected chi connectivity index (χ2v) is 5.39. The highest BCUT2D eigenvalue weighted by atomic mass is 32.2. The molecular formula is C15H14N2O4S. The summed E-state index contributed by atoms with van der Waals surface area (Å²) >= 11 is 0.836. The van der Waals surface area contributed by atoms with Gasteiger partial charge >= 0.3 is 0 Å². The van der Waals surface area contributed by atoms with Gasteiger partial charge in [-0.05, 0) is 42.5 Å². The lowest BCUT2D eigenvalue weighted by Crippen LogP contribution is -2.28. The quantitative estimate of drug-likeness (QED) is 0.839. The van der Waals surface area contributed by atoms with E-state index in [1.54, 1.807) is 25.1 Å². The first-order valence-corrected chi connectivity index (χ1v) is 7.46. The minimum Gasteiger partial charge on any atom is -0.504 e. The van der Waals surface area contributed by atoms with Crippen LogP contribution >= 0.6 is 11.8 Å². The van der Waals surface area contributed by atoms with E-state index in [2.05, 4.69) is 0 Å². The Balaban J connectivity index is 2.23. The van der Waals surface area contributed by atoms with Gasteiger partial charge in [0, 0.05) is 6.54 Å². The molecule has 0 radical (unpaired) electrons. The average Bonchev–Trinajstić information content (AvgIpc) is 2.75. The van der Waals surface area contributed by atoms with E-state index in [0.29, 0.717) is 17.9 Å². The van der Waals surface area contributed by atoms with Crippen molar-refractivity contribution in [2.45, 2.75) is 13.3 Å². The Morgan fingerprint density at radius 2 is 2.23 bits per heavy atom. The summed E-state index contributed by atoms with van der Waals surface area (Å²) < 4.78 is 5.28. The molecule has 1 saturated heterocycles. The summed E-state index contributed by atoms with van der Waals surface area (Å²) in [4.78, 5) is 25.2. The summed E-state index contributed by atoms with van der Waals surface area (Å²) in [6, 6.07) is 6.60. The Bertz CT molecular complexity index is 679. The lowest BCUT2D eigenvalue weighted by molar-refractivity contribution is -0.122. The molecule has 6 nitrogen and oxygen atoms in total. The number of hydrogen-bond donors (Lipinski definition) is 1. The Morgan fingerprint density at radius 1 is 1.45 bits per heavy atom. The largest absolute Gasteiger partial charge is 0.504 e. The molecule has 1 aliphatic heterocycles. The summed E-state index contributed by atoms with van der Waals surface area (Å²) in [5.41, 5.74) is 0.645. The van der Waals surface area contributed by atoms with Crippen LogP contribution in [0, 0.1) is 11.3 Å². The third kappa shape index (κ3) is 3.40. The van der Waals surface area contributed by atoms with Crippen LogP contribution in [0.3, 0.4) is 0 Å². The molecular weight excluding hydrogens is 304 g/mol. The van der Waals surface area contributed by atoms with Crippen molar-refractivity contribution in [3.63, 3.8) is 0 Å². The van der Waals surface area contributed by atoms with E-state index in [0.717, 1.165) is 16.7 Å². The van der Waals surface area contributed by atoms with Crippen LogP contribution in [0.15, 0.2) is 23.1 Å². The molecule has 2 amide bonds. The van der Waals surface area contributed by atoms with E-state index >= 15 is 0 Å². The SMILES string of the molecule is CCOc1cc(/C=C2\SC(=O)N(CCC#N)C2=O)ccc1O. The molecule has 2 rings (SSSR count). The van der Waals surface area contributed by atoms with Gasteiger partial charge in [0.2, 0.25) is 0 Å². The number of amides is 2. The Labute approximate surface area is 132 Å². The van der Waals surface area contributed by atoms with Gasteiger partial charge in [0.25, 0.3) is 11.1 Å². The number of thioether (sulfide) groups is 1. The number of phenols is 1. The fourth-order valence-electron chi connectivity index (χ4n) is 1.90. The lowest BCUT2D eigenvalue weighted by Gasteiger charge is -2.09. The van der Waals surface area contributed by atoms with Crippen molar-refractivity contribution in [1.29, 1.82) is 5.26 Å². The number of nitriles is 1. The van der Waals surface area contributed by atoms with Crippen LogP contribution in [0.1, 0.15) is 18.9 Å². The Hall–Kier alpha value is -2.46. The first-order chi connectivity index (χ1) is 10.6. The number of carbonyl (C=O) groups is 2. The second-order valence-electron chi connectivity index (χ2n) is 4.40. The van der Waals surface area contributed by atoms with Crippen LogP contribution in [0.25, 0.3) is 6.08 Å². The topological polar surface area (TPSA) is 90.6 Å². The summed E-state index contributed by atoms with van der Waals surface area (Å²) in [6.45, 7) is 2.30. The summed E-state index contributed by atoms with van der Waals surface area (Å²) in [5, 5.41) is 17.8. The summed E-state index contributed by atoms with van der Waals surface area (Å²) in [7, 11) is 0. The molecule has 0 unspecified atom stereocenters. The maximum atomic E-state index is 12.1. The molecule has 0 atom stereocenters. The van der Waals surface area contributed by atoms with E-state index in [-0.39, 0.29) is 28.9 Å². The Morgan fingerprint density at radius 3 is 2.91 bits per heavy atom. The Kier molecular flexibility index (Phi) is 5.07. The van der Waals surface area contributed by atoms with Crippen molar-refractivity contribution in [3.8, 4) is 17.6 Å². The fraction of sp³-hybridized carbons (Fsp3) is 0.267. The first kappa shape index (κ1) is 15.9. The zero-order valence-corrected chi connectivity index (χ0v) is 12.7. The van der Waals surface area contributed by atoms with Crippen molar-refractivity contribution < 1.29 is 19.4 Å². The van der Waals surface area contributed by atoms with Crippen molar-refractivity contribution in [2.75, 3.05) is 13.2 Å². The number of ether oxygens (including phenoxy) is 1. The summed E-state index contributed by atoms with van der Waals surface area (Å²) in [5.74, 6) is -0.0719. The molecule has 0 bridgehead atoms. The fourth-order valence-corrected chi connectivity index (χ4v) is 2.76. The van der Waals surface area contributed by atoms with Gasteiger partial charge in [0.1, 0.15) is 0 Å². The van der Waals surface area contributed by atoms with Gasteiger partial charge < -0.3 is 9.84 Å². The van der Waals surface area contributed by atoms with Gasteiger partial charge in [-0.15, -0.1) is 0 Å². The van der Waals surface area contributed by atoms with Crippen LogP contribution in [0.5, 0.6) is 11.5 Å². The van der Waals surface area contributed by atoms with Gasteiger partial charge in [-0.25, -0.2) is 0 Å². The predicted octanol–water partition coefficient (Wildman–Crippen LogP) is 2.74. The van der Waals surface area contributed by atoms with Gasteiger partial charge in [-0.2, -0.15) is 5.26 Å². The molecule has 1 fully saturated rings. The highest BCUT2D eigenvalue weighted by Crippen LogP contribution is 2.34. The van der Waals surface area contributed by atoms with Gasteiger partial charge in [-0.1, -0.05) is 6.07 Å². The minimum atomic E-state index is -0.406. The van der Waals surface area contributed by atoms with Crippen molar-refractivity contribution in [2.24, 2.45) is 0 Å². The first-order valence-electron chi connectivity index (χ1n) is 6.65. The molecule has 0 aliphatic carbocycles. The highest BCUT2D eigenvalue weighted by molar-refractivity contribution is 8.18. The monoisotopic (exact) mass is 318 g/mol. The molecule has 0 saturated carbocycles.